The number of esters is 1. The number of hydrogen-bond donors (Lipinski definition) is 2. The molecule has 226 valence electrons. The van der Waals surface area contributed by atoms with Crippen LogP contribution >= 0.6 is 0 Å². The molecule has 0 aliphatic carbocycles. The molecule has 0 radical (unpaired) electrons. The minimum Gasteiger partial charge on any atom is -0.455 e. The van der Waals surface area contributed by atoms with Crippen molar-refractivity contribution in [2.75, 3.05) is 26.9 Å². The van der Waals surface area contributed by atoms with Gasteiger partial charge in [-0.2, -0.15) is 0 Å². The SMILES string of the molecule is C=CC[C@@H](CC(=O)N1CCC[C@H]1CO)C(=O)N[C@@H](COC)[C@@H](OC(=O)[C@H](CC=C)Cc1ccccc1)c1ccccc1. The lowest BCUT2D eigenvalue weighted by Gasteiger charge is -2.31. The van der Waals surface area contributed by atoms with Crippen molar-refractivity contribution in [3.05, 3.63) is 97.1 Å². The molecule has 0 unspecified atom stereocenters. The average Bonchev–Trinajstić information content (AvgIpc) is 3.49. The van der Waals surface area contributed by atoms with Crippen LogP contribution in [0.3, 0.4) is 0 Å². The maximum absolute atomic E-state index is 13.6. The summed E-state index contributed by atoms with van der Waals surface area (Å²) in [6, 6.07) is 18.1. The van der Waals surface area contributed by atoms with Gasteiger partial charge < -0.3 is 24.8 Å². The van der Waals surface area contributed by atoms with E-state index in [9.17, 15) is 19.5 Å². The Balaban J connectivity index is 1.82. The Hall–Kier alpha value is -3.75. The summed E-state index contributed by atoms with van der Waals surface area (Å²) in [7, 11) is 1.52. The van der Waals surface area contributed by atoms with Crippen molar-refractivity contribution >= 4 is 17.8 Å². The zero-order chi connectivity index (χ0) is 30.3. The van der Waals surface area contributed by atoms with Crippen molar-refractivity contribution in [2.24, 2.45) is 11.8 Å². The molecule has 2 amide bonds. The van der Waals surface area contributed by atoms with Gasteiger partial charge in [-0.25, -0.2) is 0 Å². The lowest BCUT2D eigenvalue weighted by molar-refractivity contribution is -0.158. The number of rotatable bonds is 17. The van der Waals surface area contributed by atoms with Crippen LogP contribution in [0.1, 0.15) is 49.3 Å². The first-order valence-corrected chi connectivity index (χ1v) is 14.6. The van der Waals surface area contributed by atoms with E-state index in [4.69, 9.17) is 9.47 Å². The number of aliphatic hydroxyl groups excluding tert-OH is 1. The molecule has 1 heterocycles. The van der Waals surface area contributed by atoms with Crippen molar-refractivity contribution < 1.29 is 29.0 Å². The first-order chi connectivity index (χ1) is 20.4. The normalized spacial score (nSPS) is 17.5. The molecule has 1 aliphatic rings. The molecule has 42 heavy (non-hydrogen) atoms. The van der Waals surface area contributed by atoms with Gasteiger partial charge in [0.1, 0.15) is 6.10 Å². The lowest BCUT2D eigenvalue weighted by atomic mass is 9.95. The van der Waals surface area contributed by atoms with E-state index < -0.39 is 30.0 Å². The fraction of sp³-hybridized carbons (Fsp3) is 0.441. The summed E-state index contributed by atoms with van der Waals surface area (Å²) in [5.74, 6) is -2.05. The maximum atomic E-state index is 13.6. The highest BCUT2D eigenvalue weighted by Gasteiger charge is 2.35. The Kier molecular flexibility index (Phi) is 13.5. The van der Waals surface area contributed by atoms with Crippen LogP contribution in [-0.4, -0.2) is 66.7 Å². The molecule has 2 N–H and O–H groups in total. The number of nitrogens with one attached hydrogen (secondary N) is 1. The number of aliphatic hydroxyl groups is 1. The quantitative estimate of drug-likeness (QED) is 0.214. The molecule has 2 aromatic rings. The van der Waals surface area contributed by atoms with Crippen LogP contribution in [0.15, 0.2) is 86.0 Å². The molecule has 5 atom stereocenters. The zero-order valence-corrected chi connectivity index (χ0v) is 24.5. The summed E-state index contributed by atoms with van der Waals surface area (Å²) in [4.78, 5) is 42.0. The number of methoxy groups -OCH3 is 1. The van der Waals surface area contributed by atoms with Gasteiger partial charge in [-0.15, -0.1) is 13.2 Å². The van der Waals surface area contributed by atoms with E-state index >= 15 is 0 Å². The van der Waals surface area contributed by atoms with E-state index in [0.717, 1.165) is 18.4 Å². The van der Waals surface area contributed by atoms with Gasteiger partial charge in [0.2, 0.25) is 11.8 Å². The molecule has 1 saturated heterocycles. The van der Waals surface area contributed by atoms with Crippen molar-refractivity contribution in [1.82, 2.24) is 10.2 Å². The van der Waals surface area contributed by atoms with Crippen LogP contribution in [0, 0.1) is 11.8 Å². The summed E-state index contributed by atoms with van der Waals surface area (Å²) in [6.07, 6.45) is 5.28. The molecular formula is C34H44N2O6. The number of carbonyl (C=O) groups is 3. The number of carbonyl (C=O) groups excluding carboxylic acids is 3. The van der Waals surface area contributed by atoms with E-state index in [0.29, 0.717) is 31.4 Å². The first kappa shape index (κ1) is 32.8. The molecular weight excluding hydrogens is 532 g/mol. The predicted molar refractivity (Wildman–Crippen MR) is 162 cm³/mol. The van der Waals surface area contributed by atoms with Gasteiger partial charge in [-0.05, 0) is 43.2 Å². The summed E-state index contributed by atoms with van der Waals surface area (Å²) in [5, 5.41) is 12.7. The molecule has 0 bridgehead atoms. The molecule has 0 saturated carbocycles. The van der Waals surface area contributed by atoms with Gasteiger partial charge in [0.15, 0.2) is 0 Å². The molecule has 0 spiro atoms. The fourth-order valence-electron chi connectivity index (χ4n) is 5.46. The number of amides is 2. The Morgan fingerprint density at radius 1 is 1.02 bits per heavy atom. The molecule has 1 aliphatic heterocycles. The van der Waals surface area contributed by atoms with Crippen LogP contribution in [0.5, 0.6) is 0 Å². The van der Waals surface area contributed by atoms with E-state index in [1.165, 1.54) is 7.11 Å². The summed E-state index contributed by atoms with van der Waals surface area (Å²) >= 11 is 0. The van der Waals surface area contributed by atoms with Crippen LogP contribution in [0.25, 0.3) is 0 Å². The van der Waals surface area contributed by atoms with Crippen molar-refractivity contribution in [1.29, 1.82) is 0 Å². The highest BCUT2D eigenvalue weighted by atomic mass is 16.5. The van der Waals surface area contributed by atoms with Gasteiger partial charge in [0.05, 0.1) is 37.1 Å². The smallest absolute Gasteiger partial charge is 0.310 e. The summed E-state index contributed by atoms with van der Waals surface area (Å²) in [5.41, 5.74) is 1.72. The standard InChI is InChI=1S/C34H44N2O6/c1-4-13-27(22-31(38)36-20-12-19-29(36)23-37)33(39)35-30(24-41-3)32(26-17-10-7-11-18-26)42-34(40)28(14-5-2)21-25-15-8-6-9-16-25/h4-11,15-18,27-30,32,37H,1-2,12-14,19-24H2,3H3,(H,35,39)/t27-,28+,29-,30-,32-/m0/s1. The second kappa shape index (κ2) is 17.3. The number of allylic oxidation sites excluding steroid dienone is 2. The monoisotopic (exact) mass is 576 g/mol. The third-order valence-electron chi connectivity index (χ3n) is 7.67. The van der Waals surface area contributed by atoms with E-state index in [2.05, 4.69) is 18.5 Å². The maximum Gasteiger partial charge on any atom is 0.310 e. The third-order valence-corrected chi connectivity index (χ3v) is 7.67. The van der Waals surface area contributed by atoms with Crippen LogP contribution in [0.2, 0.25) is 0 Å². The Bertz CT molecular complexity index is 1160. The second-order valence-corrected chi connectivity index (χ2v) is 10.7. The second-order valence-electron chi connectivity index (χ2n) is 10.7. The number of likely N-dealkylation sites (tertiary alicyclic amines) is 1. The van der Waals surface area contributed by atoms with E-state index in [1.54, 1.807) is 17.1 Å². The minimum atomic E-state index is -0.830. The predicted octanol–water partition coefficient (Wildman–Crippen LogP) is 4.40. The van der Waals surface area contributed by atoms with Gasteiger partial charge in [-0.3, -0.25) is 14.4 Å². The van der Waals surface area contributed by atoms with Crippen molar-refractivity contribution in [3.8, 4) is 0 Å². The molecule has 8 nitrogen and oxygen atoms in total. The lowest BCUT2D eigenvalue weighted by Crippen LogP contribution is -2.47. The summed E-state index contributed by atoms with van der Waals surface area (Å²) < 4.78 is 11.6. The summed E-state index contributed by atoms with van der Waals surface area (Å²) in [6.45, 7) is 8.16. The van der Waals surface area contributed by atoms with Crippen LogP contribution in [0.4, 0.5) is 0 Å². The van der Waals surface area contributed by atoms with Crippen molar-refractivity contribution in [2.45, 2.75) is 56.7 Å². The van der Waals surface area contributed by atoms with Gasteiger partial charge in [0, 0.05) is 20.1 Å². The molecule has 3 rings (SSSR count). The third kappa shape index (κ3) is 9.39. The molecule has 8 heteroatoms. The zero-order valence-electron chi connectivity index (χ0n) is 24.5. The number of hydrogen-bond acceptors (Lipinski definition) is 6. The molecule has 1 fully saturated rings. The van der Waals surface area contributed by atoms with Crippen LogP contribution < -0.4 is 5.32 Å². The Morgan fingerprint density at radius 2 is 1.67 bits per heavy atom. The number of nitrogens with zero attached hydrogens (tertiary/aromatic N) is 1. The fourth-order valence-corrected chi connectivity index (χ4v) is 5.46. The largest absolute Gasteiger partial charge is 0.455 e. The van der Waals surface area contributed by atoms with E-state index in [-0.39, 0.29) is 37.5 Å². The van der Waals surface area contributed by atoms with Gasteiger partial charge in [-0.1, -0.05) is 72.8 Å². The van der Waals surface area contributed by atoms with Gasteiger partial charge >= 0.3 is 5.97 Å². The average molecular weight is 577 g/mol. The molecule has 2 aromatic carbocycles. The van der Waals surface area contributed by atoms with Gasteiger partial charge in [0.25, 0.3) is 0 Å². The Labute approximate surface area is 249 Å². The highest BCUT2D eigenvalue weighted by molar-refractivity contribution is 5.86. The van der Waals surface area contributed by atoms with Crippen LogP contribution in [-0.2, 0) is 30.3 Å². The topological polar surface area (TPSA) is 105 Å². The molecule has 0 aromatic heterocycles. The van der Waals surface area contributed by atoms with E-state index in [1.807, 2.05) is 60.7 Å². The number of ether oxygens (including phenoxy) is 2. The van der Waals surface area contributed by atoms with Crippen molar-refractivity contribution in [3.63, 3.8) is 0 Å². The minimum absolute atomic E-state index is 0.0116. The Morgan fingerprint density at radius 3 is 2.29 bits per heavy atom. The first-order valence-electron chi connectivity index (χ1n) is 14.6. The highest BCUT2D eigenvalue weighted by Crippen LogP contribution is 2.27. The number of benzene rings is 2.